The molecule has 0 spiro atoms. The average Bonchev–Trinajstić information content (AvgIpc) is 2.46. The summed E-state index contributed by atoms with van der Waals surface area (Å²) in [5.41, 5.74) is 9.65. The first-order valence-corrected chi connectivity index (χ1v) is 4.30. The molecule has 1 aliphatic carbocycles. The van der Waals surface area contributed by atoms with Crippen LogP contribution in [0.3, 0.4) is 0 Å². The first-order valence-electron chi connectivity index (χ1n) is 4.30. The molecule has 0 atom stereocenters. The predicted molar refractivity (Wildman–Crippen MR) is 45.3 cm³/mol. The smallest absolute Gasteiger partial charge is 0.0332 e. The van der Waals surface area contributed by atoms with E-state index in [1.165, 1.54) is 42.6 Å². The minimum absolute atomic E-state index is 0.646. The quantitative estimate of drug-likeness (QED) is 0.623. The van der Waals surface area contributed by atoms with Gasteiger partial charge in [0.1, 0.15) is 0 Å². The van der Waals surface area contributed by atoms with E-state index in [1.807, 2.05) is 0 Å². The van der Waals surface area contributed by atoms with Crippen LogP contribution in [0.25, 0.3) is 0 Å². The number of aryl methyl sites for hydroxylation is 2. The minimum atomic E-state index is 0.646. The van der Waals surface area contributed by atoms with Crippen LogP contribution in [-0.4, -0.2) is 4.98 Å². The van der Waals surface area contributed by atoms with Crippen LogP contribution in [0.2, 0.25) is 0 Å². The van der Waals surface area contributed by atoms with Crippen molar-refractivity contribution in [3.63, 3.8) is 0 Å². The molecule has 0 amide bonds. The van der Waals surface area contributed by atoms with Crippen LogP contribution in [-0.2, 0) is 19.4 Å². The summed E-state index contributed by atoms with van der Waals surface area (Å²) >= 11 is 0. The van der Waals surface area contributed by atoms with Crippen molar-refractivity contribution in [1.82, 2.24) is 4.98 Å². The first kappa shape index (κ1) is 6.92. The van der Waals surface area contributed by atoms with Gasteiger partial charge < -0.3 is 10.7 Å². The average molecular weight is 150 g/mol. The van der Waals surface area contributed by atoms with Crippen LogP contribution < -0.4 is 5.73 Å². The number of hydrogen-bond acceptors (Lipinski definition) is 1. The third-order valence-electron chi connectivity index (χ3n) is 2.39. The molecule has 0 fully saturated rings. The van der Waals surface area contributed by atoms with E-state index in [2.05, 4.69) is 11.1 Å². The molecule has 2 heteroatoms. The van der Waals surface area contributed by atoms with Crippen molar-refractivity contribution in [3.8, 4) is 0 Å². The molecule has 0 radical (unpaired) electrons. The number of nitrogens with two attached hydrogens (primary N) is 1. The van der Waals surface area contributed by atoms with Crippen molar-refractivity contribution in [2.24, 2.45) is 5.73 Å². The van der Waals surface area contributed by atoms with Crippen LogP contribution in [0.4, 0.5) is 0 Å². The van der Waals surface area contributed by atoms with Crippen LogP contribution in [0.1, 0.15) is 29.8 Å². The van der Waals surface area contributed by atoms with E-state index in [0.717, 1.165) is 0 Å². The number of hydrogen-bond donors (Lipinski definition) is 2. The summed E-state index contributed by atoms with van der Waals surface area (Å²) in [5, 5.41) is 0. The second kappa shape index (κ2) is 2.70. The lowest BCUT2D eigenvalue weighted by Crippen LogP contribution is -2.00. The van der Waals surface area contributed by atoms with Gasteiger partial charge in [0.2, 0.25) is 0 Å². The maximum Gasteiger partial charge on any atom is 0.0332 e. The summed E-state index contributed by atoms with van der Waals surface area (Å²) in [6, 6.07) is 2.22. The molecule has 0 unspecified atom stereocenters. The molecule has 2 nitrogen and oxygen atoms in total. The molecule has 11 heavy (non-hydrogen) atoms. The Balaban J connectivity index is 2.32. The summed E-state index contributed by atoms with van der Waals surface area (Å²) in [7, 11) is 0. The molecule has 0 aliphatic heterocycles. The number of aromatic amines is 1. The lowest BCUT2D eigenvalue weighted by atomic mass is 9.98. The Hall–Kier alpha value is -0.760. The Morgan fingerprint density at radius 2 is 2.18 bits per heavy atom. The maximum atomic E-state index is 5.53. The standard InChI is InChI=1S/C9H14N2/c10-6-8-5-7-3-1-2-4-9(7)11-8/h5,11H,1-4,6,10H2. The summed E-state index contributed by atoms with van der Waals surface area (Å²) in [4.78, 5) is 3.36. The highest BCUT2D eigenvalue weighted by molar-refractivity contribution is 5.27. The molecule has 1 aliphatic rings. The molecule has 0 bridgehead atoms. The molecule has 0 saturated heterocycles. The highest BCUT2D eigenvalue weighted by atomic mass is 14.8. The molecule has 1 heterocycles. The predicted octanol–water partition coefficient (Wildman–Crippen LogP) is 1.35. The number of aromatic nitrogens is 1. The first-order chi connectivity index (χ1) is 5.40. The molecule has 60 valence electrons. The SMILES string of the molecule is NCc1cc2c([nH]1)CCCC2. The largest absolute Gasteiger partial charge is 0.361 e. The number of fused-ring (bicyclic) bond motifs is 1. The van der Waals surface area contributed by atoms with Crippen LogP contribution in [0.15, 0.2) is 6.07 Å². The number of rotatable bonds is 1. The Labute approximate surface area is 66.8 Å². The van der Waals surface area contributed by atoms with Crippen molar-refractivity contribution >= 4 is 0 Å². The highest BCUT2D eigenvalue weighted by Crippen LogP contribution is 2.21. The summed E-state index contributed by atoms with van der Waals surface area (Å²) < 4.78 is 0. The van der Waals surface area contributed by atoms with Crippen LogP contribution in [0, 0.1) is 0 Å². The van der Waals surface area contributed by atoms with Gasteiger partial charge in [-0.3, -0.25) is 0 Å². The third-order valence-corrected chi connectivity index (χ3v) is 2.39. The van der Waals surface area contributed by atoms with Crippen molar-refractivity contribution in [2.75, 3.05) is 0 Å². The van der Waals surface area contributed by atoms with E-state index in [9.17, 15) is 0 Å². The zero-order chi connectivity index (χ0) is 7.68. The molecule has 0 aromatic carbocycles. The van der Waals surface area contributed by atoms with Gasteiger partial charge in [0.15, 0.2) is 0 Å². The maximum absolute atomic E-state index is 5.53. The Morgan fingerprint density at radius 3 is 2.91 bits per heavy atom. The molecule has 3 N–H and O–H groups in total. The van der Waals surface area contributed by atoms with E-state index < -0.39 is 0 Å². The van der Waals surface area contributed by atoms with E-state index in [4.69, 9.17) is 5.73 Å². The Bertz CT molecular complexity index is 227. The van der Waals surface area contributed by atoms with Gasteiger partial charge in [0, 0.05) is 17.9 Å². The zero-order valence-corrected chi connectivity index (χ0v) is 6.69. The monoisotopic (exact) mass is 150 g/mol. The highest BCUT2D eigenvalue weighted by Gasteiger charge is 2.11. The zero-order valence-electron chi connectivity index (χ0n) is 6.69. The van der Waals surface area contributed by atoms with Gasteiger partial charge in [-0.1, -0.05) is 0 Å². The van der Waals surface area contributed by atoms with Crippen molar-refractivity contribution in [3.05, 3.63) is 23.0 Å². The number of H-pyrrole nitrogens is 1. The summed E-state index contributed by atoms with van der Waals surface area (Å²) in [5.74, 6) is 0. The second-order valence-corrected chi connectivity index (χ2v) is 3.21. The number of nitrogens with one attached hydrogen (secondary N) is 1. The summed E-state index contributed by atoms with van der Waals surface area (Å²) in [6.45, 7) is 0.646. The molecule has 0 saturated carbocycles. The molecular weight excluding hydrogens is 136 g/mol. The molecule has 1 aromatic heterocycles. The van der Waals surface area contributed by atoms with Crippen molar-refractivity contribution in [1.29, 1.82) is 0 Å². The van der Waals surface area contributed by atoms with Gasteiger partial charge in [-0.15, -0.1) is 0 Å². The van der Waals surface area contributed by atoms with E-state index >= 15 is 0 Å². The van der Waals surface area contributed by atoms with Gasteiger partial charge in [-0.25, -0.2) is 0 Å². The van der Waals surface area contributed by atoms with E-state index in [-0.39, 0.29) is 0 Å². The van der Waals surface area contributed by atoms with Gasteiger partial charge in [-0.2, -0.15) is 0 Å². The normalized spacial score (nSPS) is 16.5. The molecule has 2 rings (SSSR count). The fourth-order valence-electron chi connectivity index (χ4n) is 1.78. The van der Waals surface area contributed by atoms with Crippen molar-refractivity contribution in [2.45, 2.75) is 32.2 Å². The van der Waals surface area contributed by atoms with Gasteiger partial charge in [0.05, 0.1) is 0 Å². The minimum Gasteiger partial charge on any atom is -0.361 e. The lowest BCUT2D eigenvalue weighted by molar-refractivity contribution is 0.676. The third kappa shape index (κ3) is 1.18. The summed E-state index contributed by atoms with van der Waals surface area (Å²) in [6.07, 6.45) is 5.13. The van der Waals surface area contributed by atoms with E-state index in [0.29, 0.717) is 6.54 Å². The van der Waals surface area contributed by atoms with Gasteiger partial charge in [-0.05, 0) is 37.3 Å². The Morgan fingerprint density at radius 1 is 1.36 bits per heavy atom. The fraction of sp³-hybridized carbons (Fsp3) is 0.556. The Kier molecular flexibility index (Phi) is 1.70. The van der Waals surface area contributed by atoms with Crippen LogP contribution in [0.5, 0.6) is 0 Å². The topological polar surface area (TPSA) is 41.8 Å². The van der Waals surface area contributed by atoms with Gasteiger partial charge >= 0.3 is 0 Å². The second-order valence-electron chi connectivity index (χ2n) is 3.21. The molecule has 1 aromatic rings. The van der Waals surface area contributed by atoms with Crippen LogP contribution >= 0.6 is 0 Å². The van der Waals surface area contributed by atoms with Gasteiger partial charge in [0.25, 0.3) is 0 Å². The van der Waals surface area contributed by atoms with E-state index in [1.54, 1.807) is 0 Å². The molecular formula is C9H14N2. The fourth-order valence-corrected chi connectivity index (χ4v) is 1.78. The van der Waals surface area contributed by atoms with Crippen molar-refractivity contribution < 1.29 is 0 Å². The lowest BCUT2D eigenvalue weighted by Gasteiger charge is -2.08.